The van der Waals surface area contributed by atoms with Crippen LogP contribution in [0.1, 0.15) is 34.5 Å². The summed E-state index contributed by atoms with van der Waals surface area (Å²) in [6.07, 6.45) is -0.946. The van der Waals surface area contributed by atoms with Gasteiger partial charge in [0.25, 0.3) is 0 Å². The van der Waals surface area contributed by atoms with Gasteiger partial charge in [-0.05, 0) is 30.7 Å². The Bertz CT molecular complexity index is 1360. The van der Waals surface area contributed by atoms with Crippen LogP contribution in [0.3, 0.4) is 0 Å². The van der Waals surface area contributed by atoms with Gasteiger partial charge in [-0.2, -0.15) is 13.2 Å². The lowest BCUT2D eigenvalue weighted by atomic mass is 9.80. The standard InChI is InChI=1S/C25H22F5N5O3/c26-15-1-2-20(18(6-15)25(28,29)30)35-17-7-19(27)21(33-11-17)12-34-23(37)24(3-4-38-13-24)8-22(36)14-5-16(31)10-32-9-14/h1-2,5-7,9-11,35H,3-4,8,12-13,31H2,(H,34,37)/t24-/m0/s1. The second-order valence-electron chi connectivity index (χ2n) is 8.84. The molecule has 38 heavy (non-hydrogen) atoms. The van der Waals surface area contributed by atoms with Crippen LogP contribution in [0.25, 0.3) is 0 Å². The van der Waals surface area contributed by atoms with Crippen LogP contribution in [0.5, 0.6) is 0 Å². The van der Waals surface area contributed by atoms with Crippen molar-refractivity contribution in [3.05, 3.63) is 77.4 Å². The van der Waals surface area contributed by atoms with E-state index < -0.39 is 40.4 Å². The van der Waals surface area contributed by atoms with Crippen molar-refractivity contribution in [2.75, 3.05) is 24.3 Å². The Labute approximate surface area is 213 Å². The minimum atomic E-state index is -4.84. The van der Waals surface area contributed by atoms with Gasteiger partial charge in [0.2, 0.25) is 5.91 Å². The smallest absolute Gasteiger partial charge is 0.397 e. The molecule has 1 aromatic carbocycles. The van der Waals surface area contributed by atoms with Crippen LogP contribution in [0, 0.1) is 17.0 Å². The van der Waals surface area contributed by atoms with Gasteiger partial charge in [-0.1, -0.05) is 0 Å². The molecule has 4 N–H and O–H groups in total. The largest absolute Gasteiger partial charge is 0.418 e. The Kier molecular flexibility index (Phi) is 7.58. The fourth-order valence-electron chi connectivity index (χ4n) is 4.06. The van der Waals surface area contributed by atoms with Crippen molar-refractivity contribution in [3.63, 3.8) is 0 Å². The topological polar surface area (TPSA) is 119 Å². The summed E-state index contributed by atoms with van der Waals surface area (Å²) in [5.41, 5.74) is 3.00. The molecule has 1 atom stereocenters. The van der Waals surface area contributed by atoms with Gasteiger partial charge in [0.05, 0.1) is 53.1 Å². The molecule has 0 radical (unpaired) electrons. The van der Waals surface area contributed by atoms with Crippen LogP contribution >= 0.6 is 0 Å². The first-order chi connectivity index (χ1) is 18.0. The van der Waals surface area contributed by atoms with Crippen LogP contribution in [0.2, 0.25) is 0 Å². The fraction of sp³-hybridized carbons (Fsp3) is 0.280. The van der Waals surface area contributed by atoms with Crippen LogP contribution in [0.15, 0.2) is 48.9 Å². The molecular weight excluding hydrogens is 513 g/mol. The number of ketones is 1. The van der Waals surface area contributed by atoms with Gasteiger partial charge in [0, 0.05) is 37.1 Å². The van der Waals surface area contributed by atoms with E-state index in [0.717, 1.165) is 24.4 Å². The van der Waals surface area contributed by atoms with E-state index in [9.17, 15) is 31.5 Å². The van der Waals surface area contributed by atoms with Crippen molar-refractivity contribution in [2.45, 2.75) is 25.6 Å². The maximum atomic E-state index is 14.7. The number of nitrogens with zero attached hydrogens (tertiary/aromatic N) is 2. The van der Waals surface area contributed by atoms with Crippen LogP contribution in [-0.4, -0.2) is 34.9 Å². The van der Waals surface area contributed by atoms with Crippen molar-refractivity contribution >= 4 is 28.8 Å². The molecule has 3 heterocycles. The molecule has 13 heteroatoms. The molecule has 200 valence electrons. The minimum absolute atomic E-state index is 0.0156. The van der Waals surface area contributed by atoms with Gasteiger partial charge >= 0.3 is 6.18 Å². The van der Waals surface area contributed by atoms with E-state index in [0.29, 0.717) is 11.8 Å². The molecule has 0 spiro atoms. The molecule has 1 aliphatic rings. The SMILES string of the molecule is Nc1cncc(C(=O)C[C@@]2(C(=O)NCc3ncc(Nc4ccc(F)cc4C(F)(F)F)cc3F)CCOC2)c1. The Balaban J connectivity index is 1.44. The second kappa shape index (κ2) is 10.7. The number of hydrogen-bond acceptors (Lipinski definition) is 7. The Morgan fingerprint density at radius 3 is 2.55 bits per heavy atom. The number of nitrogen functional groups attached to an aromatic ring is 1. The van der Waals surface area contributed by atoms with Gasteiger partial charge in [0.15, 0.2) is 5.78 Å². The molecule has 0 saturated carbocycles. The maximum Gasteiger partial charge on any atom is 0.418 e. The normalized spacial score (nSPS) is 17.3. The highest BCUT2D eigenvalue weighted by Gasteiger charge is 2.44. The Hall–Kier alpha value is -4.13. The summed E-state index contributed by atoms with van der Waals surface area (Å²) in [6.45, 7) is -0.102. The summed E-state index contributed by atoms with van der Waals surface area (Å²) in [7, 11) is 0. The first-order valence-electron chi connectivity index (χ1n) is 11.3. The molecule has 8 nitrogen and oxygen atoms in total. The zero-order valence-corrected chi connectivity index (χ0v) is 19.7. The van der Waals surface area contributed by atoms with E-state index in [1.54, 1.807) is 0 Å². The van der Waals surface area contributed by atoms with Crippen molar-refractivity contribution in [2.24, 2.45) is 5.41 Å². The summed E-state index contributed by atoms with van der Waals surface area (Å²) < 4.78 is 73.1. The van der Waals surface area contributed by atoms with E-state index in [4.69, 9.17) is 10.5 Å². The number of carbonyl (C=O) groups is 2. The van der Waals surface area contributed by atoms with E-state index >= 15 is 0 Å². The number of aromatic nitrogens is 2. The number of Topliss-reactive ketones (excluding diaryl/α,β-unsaturated/α-hetero) is 1. The molecule has 1 amide bonds. The Morgan fingerprint density at radius 2 is 1.89 bits per heavy atom. The molecule has 2 aromatic heterocycles. The zero-order valence-electron chi connectivity index (χ0n) is 19.7. The molecule has 0 aliphatic carbocycles. The van der Waals surface area contributed by atoms with Gasteiger partial charge < -0.3 is 21.1 Å². The van der Waals surface area contributed by atoms with Crippen molar-refractivity contribution in [1.82, 2.24) is 15.3 Å². The second-order valence-corrected chi connectivity index (χ2v) is 8.84. The van der Waals surface area contributed by atoms with Crippen LogP contribution in [-0.2, 0) is 22.3 Å². The first kappa shape index (κ1) is 26.9. The summed E-state index contributed by atoms with van der Waals surface area (Å²) in [5.74, 6) is -2.87. The van der Waals surface area contributed by atoms with E-state index in [1.165, 1.54) is 18.5 Å². The molecular formula is C25H22F5N5O3. The average Bonchev–Trinajstić information content (AvgIpc) is 3.33. The molecule has 4 rings (SSSR count). The van der Waals surface area contributed by atoms with E-state index in [1.807, 2.05) is 0 Å². The number of anilines is 3. The molecule has 1 saturated heterocycles. The summed E-state index contributed by atoms with van der Waals surface area (Å²) in [4.78, 5) is 33.6. The van der Waals surface area contributed by atoms with Gasteiger partial charge in [-0.25, -0.2) is 8.78 Å². The fourth-order valence-corrected chi connectivity index (χ4v) is 4.06. The van der Waals surface area contributed by atoms with Crippen molar-refractivity contribution in [1.29, 1.82) is 0 Å². The number of hydrogen-bond donors (Lipinski definition) is 3. The monoisotopic (exact) mass is 535 g/mol. The quantitative estimate of drug-likeness (QED) is 0.289. The number of ether oxygens (including phenoxy) is 1. The third-order valence-electron chi connectivity index (χ3n) is 6.07. The van der Waals surface area contributed by atoms with E-state index in [2.05, 4.69) is 20.6 Å². The molecule has 0 bridgehead atoms. The number of rotatable bonds is 8. The molecule has 1 aliphatic heterocycles. The molecule has 0 unspecified atom stereocenters. The highest BCUT2D eigenvalue weighted by molar-refractivity contribution is 6.00. The molecule has 3 aromatic rings. The van der Waals surface area contributed by atoms with Gasteiger partial charge in [-0.3, -0.25) is 19.6 Å². The number of benzene rings is 1. The lowest BCUT2D eigenvalue weighted by Crippen LogP contribution is -2.43. The average molecular weight is 535 g/mol. The van der Waals surface area contributed by atoms with Crippen LogP contribution < -0.4 is 16.4 Å². The lowest BCUT2D eigenvalue weighted by molar-refractivity contribution is -0.137. The maximum absolute atomic E-state index is 14.7. The minimum Gasteiger partial charge on any atom is -0.397 e. The first-order valence-corrected chi connectivity index (χ1v) is 11.3. The Morgan fingerprint density at radius 1 is 1.11 bits per heavy atom. The van der Waals surface area contributed by atoms with Crippen molar-refractivity contribution < 1.29 is 36.3 Å². The number of carbonyl (C=O) groups excluding carboxylic acids is 2. The summed E-state index contributed by atoms with van der Waals surface area (Å²) >= 11 is 0. The predicted molar refractivity (Wildman–Crippen MR) is 126 cm³/mol. The number of halogens is 5. The highest BCUT2D eigenvalue weighted by atomic mass is 19.4. The van der Waals surface area contributed by atoms with Gasteiger partial charge in [-0.15, -0.1) is 0 Å². The summed E-state index contributed by atoms with van der Waals surface area (Å²) in [6, 6.07) is 4.40. The van der Waals surface area contributed by atoms with Crippen LogP contribution in [0.4, 0.5) is 39.0 Å². The highest BCUT2D eigenvalue weighted by Crippen LogP contribution is 2.37. The van der Waals surface area contributed by atoms with E-state index in [-0.39, 0.29) is 55.3 Å². The molecule has 1 fully saturated rings. The number of nitrogens with one attached hydrogen (secondary N) is 2. The number of alkyl halides is 3. The zero-order chi connectivity index (χ0) is 27.5. The predicted octanol–water partition coefficient (Wildman–Crippen LogP) is 4.40. The number of amides is 1. The number of pyridine rings is 2. The van der Waals surface area contributed by atoms with Crippen molar-refractivity contribution in [3.8, 4) is 0 Å². The number of nitrogens with two attached hydrogens (primary N) is 1. The summed E-state index contributed by atoms with van der Waals surface area (Å²) in [5, 5.41) is 4.96. The third kappa shape index (κ3) is 6.05. The lowest BCUT2D eigenvalue weighted by Gasteiger charge is -2.25. The van der Waals surface area contributed by atoms with Gasteiger partial charge in [0.1, 0.15) is 11.6 Å². The third-order valence-corrected chi connectivity index (χ3v) is 6.07.